The number of nitrogens with zero attached hydrogens (tertiary/aromatic N) is 2. The SMILES string of the molecule is CN(C)c1ccc(C(=O)C2CCN([C@H]3Cc4ccccc4C[C@@H]3O)CC2)cc1.O=C(O)C(=O)O. The lowest BCUT2D eigenvalue weighted by Gasteiger charge is -2.41. The molecule has 0 saturated carbocycles. The molecule has 34 heavy (non-hydrogen) atoms. The van der Waals surface area contributed by atoms with Crippen LogP contribution in [0.4, 0.5) is 5.69 Å². The summed E-state index contributed by atoms with van der Waals surface area (Å²) in [6, 6.07) is 16.5. The summed E-state index contributed by atoms with van der Waals surface area (Å²) in [4.78, 5) is 35.6. The van der Waals surface area contributed by atoms with E-state index in [1.54, 1.807) is 0 Å². The van der Waals surface area contributed by atoms with Crippen molar-refractivity contribution in [1.82, 2.24) is 4.90 Å². The number of Topliss-reactive ketones (excluding diaryl/α,β-unsaturated/α-hetero) is 1. The van der Waals surface area contributed by atoms with Crippen molar-refractivity contribution in [3.8, 4) is 0 Å². The van der Waals surface area contributed by atoms with Crippen molar-refractivity contribution in [2.75, 3.05) is 32.1 Å². The van der Waals surface area contributed by atoms with Gasteiger partial charge in [-0.3, -0.25) is 9.69 Å². The number of fused-ring (bicyclic) bond motifs is 1. The van der Waals surface area contributed by atoms with E-state index in [-0.39, 0.29) is 23.8 Å². The van der Waals surface area contributed by atoms with Crippen molar-refractivity contribution in [1.29, 1.82) is 0 Å². The average Bonchev–Trinajstić information content (AvgIpc) is 2.83. The molecule has 0 aromatic heterocycles. The number of carbonyl (C=O) groups excluding carboxylic acids is 1. The summed E-state index contributed by atoms with van der Waals surface area (Å²) in [5.74, 6) is -3.29. The maximum absolute atomic E-state index is 12.9. The first-order chi connectivity index (χ1) is 16.2. The molecule has 1 aliphatic heterocycles. The van der Waals surface area contributed by atoms with E-state index in [4.69, 9.17) is 19.8 Å². The summed E-state index contributed by atoms with van der Waals surface area (Å²) in [5, 5.41) is 25.5. The van der Waals surface area contributed by atoms with Crippen molar-refractivity contribution in [3.63, 3.8) is 0 Å². The molecule has 0 amide bonds. The molecule has 0 unspecified atom stereocenters. The zero-order valence-electron chi connectivity index (χ0n) is 19.6. The van der Waals surface area contributed by atoms with Crippen LogP contribution >= 0.6 is 0 Å². The molecule has 0 spiro atoms. The third kappa shape index (κ3) is 6.21. The van der Waals surface area contributed by atoms with Gasteiger partial charge < -0.3 is 20.2 Å². The summed E-state index contributed by atoms with van der Waals surface area (Å²) in [6.45, 7) is 1.77. The highest BCUT2D eigenvalue weighted by Crippen LogP contribution is 2.29. The Morgan fingerprint density at radius 2 is 1.38 bits per heavy atom. The van der Waals surface area contributed by atoms with Gasteiger partial charge in [-0.1, -0.05) is 24.3 Å². The zero-order valence-corrected chi connectivity index (χ0v) is 19.6. The minimum absolute atomic E-state index is 0.0921. The van der Waals surface area contributed by atoms with E-state index in [2.05, 4.69) is 23.1 Å². The number of piperidine rings is 1. The number of anilines is 1. The Hall–Kier alpha value is -3.23. The smallest absolute Gasteiger partial charge is 0.414 e. The molecule has 2 aromatic carbocycles. The number of benzene rings is 2. The summed E-state index contributed by atoms with van der Waals surface area (Å²) in [5.41, 5.74) is 4.56. The van der Waals surface area contributed by atoms with Gasteiger partial charge in [-0.2, -0.15) is 0 Å². The van der Waals surface area contributed by atoms with Crippen LogP contribution in [-0.4, -0.2) is 77.3 Å². The lowest BCUT2D eigenvalue weighted by atomic mass is 9.83. The number of likely N-dealkylation sites (tertiary alicyclic amines) is 1. The monoisotopic (exact) mass is 468 g/mol. The Kier molecular flexibility index (Phi) is 8.41. The van der Waals surface area contributed by atoms with Gasteiger partial charge in [-0.15, -0.1) is 0 Å². The van der Waals surface area contributed by atoms with Gasteiger partial charge in [0.1, 0.15) is 0 Å². The molecule has 4 rings (SSSR count). The fourth-order valence-corrected chi connectivity index (χ4v) is 4.70. The van der Waals surface area contributed by atoms with Crippen LogP contribution < -0.4 is 4.90 Å². The van der Waals surface area contributed by atoms with Crippen molar-refractivity contribution < 1.29 is 29.7 Å². The molecule has 2 aliphatic rings. The minimum atomic E-state index is -1.82. The van der Waals surface area contributed by atoms with E-state index < -0.39 is 11.9 Å². The molecule has 2 atom stereocenters. The number of aliphatic carboxylic acids is 2. The van der Waals surface area contributed by atoms with E-state index in [1.807, 2.05) is 49.3 Å². The van der Waals surface area contributed by atoms with Gasteiger partial charge in [0.15, 0.2) is 5.78 Å². The standard InChI is InChI=1S/C24H30N2O2.C2H2O4/c1-25(2)21-9-7-17(8-10-21)24(28)18-11-13-26(14-12-18)22-15-19-5-3-4-6-20(19)16-23(22)27;3-1(4)2(5)6/h3-10,18,22-23,27H,11-16H2,1-2H3;(H,3,4)(H,5,6)/t22-,23-;/m0./s1. The number of hydrogen-bond acceptors (Lipinski definition) is 6. The zero-order chi connectivity index (χ0) is 24.8. The van der Waals surface area contributed by atoms with Crippen molar-refractivity contribution in [3.05, 3.63) is 65.2 Å². The van der Waals surface area contributed by atoms with Crippen LogP contribution in [0.3, 0.4) is 0 Å². The van der Waals surface area contributed by atoms with Crippen LogP contribution in [0.25, 0.3) is 0 Å². The molecule has 8 heteroatoms. The van der Waals surface area contributed by atoms with Crippen LogP contribution in [-0.2, 0) is 22.4 Å². The lowest BCUT2D eigenvalue weighted by molar-refractivity contribution is -0.159. The molecule has 1 aliphatic carbocycles. The van der Waals surface area contributed by atoms with Gasteiger partial charge >= 0.3 is 11.9 Å². The van der Waals surface area contributed by atoms with E-state index in [0.717, 1.165) is 50.0 Å². The van der Waals surface area contributed by atoms with E-state index >= 15 is 0 Å². The third-order valence-corrected chi connectivity index (χ3v) is 6.64. The largest absolute Gasteiger partial charge is 0.473 e. The number of hydrogen-bond donors (Lipinski definition) is 3. The third-order valence-electron chi connectivity index (χ3n) is 6.64. The number of aliphatic hydroxyl groups is 1. The molecule has 1 fully saturated rings. The van der Waals surface area contributed by atoms with Gasteiger partial charge in [0.25, 0.3) is 0 Å². The van der Waals surface area contributed by atoms with Crippen molar-refractivity contribution >= 4 is 23.4 Å². The second kappa shape index (κ2) is 11.3. The highest BCUT2D eigenvalue weighted by atomic mass is 16.4. The maximum atomic E-state index is 12.9. The molecule has 182 valence electrons. The number of carbonyl (C=O) groups is 3. The normalized spacial score (nSPS) is 20.4. The Morgan fingerprint density at radius 1 is 0.853 bits per heavy atom. The minimum Gasteiger partial charge on any atom is -0.473 e. The quantitative estimate of drug-likeness (QED) is 0.462. The van der Waals surface area contributed by atoms with Gasteiger partial charge in [0.05, 0.1) is 6.10 Å². The summed E-state index contributed by atoms with van der Waals surface area (Å²) >= 11 is 0. The predicted octanol–water partition coefficient (Wildman–Crippen LogP) is 2.33. The molecule has 0 radical (unpaired) electrons. The summed E-state index contributed by atoms with van der Waals surface area (Å²) in [6.07, 6.45) is 3.07. The highest BCUT2D eigenvalue weighted by Gasteiger charge is 2.35. The summed E-state index contributed by atoms with van der Waals surface area (Å²) < 4.78 is 0. The number of carboxylic acid groups (broad SMARTS) is 2. The molecule has 0 bridgehead atoms. The Morgan fingerprint density at radius 3 is 1.88 bits per heavy atom. The topological polar surface area (TPSA) is 118 Å². The van der Waals surface area contributed by atoms with Gasteiger partial charge in [-0.25, -0.2) is 9.59 Å². The number of rotatable bonds is 4. The van der Waals surface area contributed by atoms with E-state index in [9.17, 15) is 9.90 Å². The Balaban J connectivity index is 0.000000481. The molecule has 8 nitrogen and oxygen atoms in total. The van der Waals surface area contributed by atoms with Gasteiger partial charge in [0, 0.05) is 43.7 Å². The first-order valence-electron chi connectivity index (χ1n) is 11.4. The van der Waals surface area contributed by atoms with E-state index in [1.165, 1.54) is 11.1 Å². The number of carboxylic acids is 2. The molecule has 1 saturated heterocycles. The van der Waals surface area contributed by atoms with Gasteiger partial charge in [0.2, 0.25) is 0 Å². The molecular formula is C26H32N2O6. The van der Waals surface area contributed by atoms with Crippen LogP contribution in [0.1, 0.15) is 34.3 Å². The second-order valence-corrected chi connectivity index (χ2v) is 9.04. The number of ketones is 1. The molecule has 2 aromatic rings. The van der Waals surface area contributed by atoms with Gasteiger partial charge in [-0.05, 0) is 67.7 Å². The first-order valence-corrected chi connectivity index (χ1v) is 11.4. The van der Waals surface area contributed by atoms with Crippen LogP contribution in [0, 0.1) is 5.92 Å². The fourth-order valence-electron chi connectivity index (χ4n) is 4.70. The maximum Gasteiger partial charge on any atom is 0.414 e. The Bertz CT molecular complexity index is 1000. The summed E-state index contributed by atoms with van der Waals surface area (Å²) in [7, 11) is 4.01. The first kappa shape index (κ1) is 25.4. The highest BCUT2D eigenvalue weighted by molar-refractivity contribution is 6.27. The van der Waals surface area contributed by atoms with Crippen molar-refractivity contribution in [2.24, 2.45) is 5.92 Å². The van der Waals surface area contributed by atoms with Crippen molar-refractivity contribution in [2.45, 2.75) is 37.8 Å². The predicted molar refractivity (Wildman–Crippen MR) is 128 cm³/mol. The van der Waals surface area contributed by atoms with Crippen LogP contribution in [0.15, 0.2) is 48.5 Å². The average molecular weight is 469 g/mol. The molecule has 3 N–H and O–H groups in total. The Labute approximate surface area is 199 Å². The van der Waals surface area contributed by atoms with Crippen LogP contribution in [0.5, 0.6) is 0 Å². The lowest BCUT2D eigenvalue weighted by Crippen LogP contribution is -2.51. The second-order valence-electron chi connectivity index (χ2n) is 9.04. The molecular weight excluding hydrogens is 436 g/mol. The fraction of sp³-hybridized carbons (Fsp3) is 0.423. The van der Waals surface area contributed by atoms with E-state index in [0.29, 0.717) is 0 Å². The molecule has 1 heterocycles. The number of aliphatic hydroxyl groups excluding tert-OH is 1. The van der Waals surface area contributed by atoms with Crippen LogP contribution in [0.2, 0.25) is 0 Å².